The van der Waals surface area contributed by atoms with Crippen LogP contribution in [0, 0.1) is 11.9 Å². The third kappa shape index (κ3) is 4.66. The van der Waals surface area contributed by atoms with Gasteiger partial charge in [-0.1, -0.05) is 6.07 Å². The number of ketones is 2. The van der Waals surface area contributed by atoms with Crippen molar-refractivity contribution in [2.24, 2.45) is 5.92 Å². The number of halogens is 2. The van der Waals surface area contributed by atoms with Crippen LogP contribution in [-0.2, 0) is 17.8 Å². The number of piperazine rings is 1. The summed E-state index contributed by atoms with van der Waals surface area (Å²) in [5, 5.41) is 0. The van der Waals surface area contributed by atoms with E-state index in [4.69, 9.17) is 0 Å². The second kappa shape index (κ2) is 8.83. The van der Waals surface area contributed by atoms with Crippen molar-refractivity contribution in [2.45, 2.75) is 32.2 Å². The molecule has 0 N–H and O–H groups in total. The monoisotopic (exact) mass is 498 g/mol. The van der Waals surface area contributed by atoms with Gasteiger partial charge in [0.2, 0.25) is 5.95 Å². The van der Waals surface area contributed by atoms with Crippen LogP contribution in [0.1, 0.15) is 46.6 Å². The van der Waals surface area contributed by atoms with Gasteiger partial charge in [0.15, 0.2) is 11.6 Å². The number of hydrogen-bond donors (Lipinski definition) is 0. The predicted octanol–water partition coefficient (Wildman–Crippen LogP) is 3.78. The van der Waals surface area contributed by atoms with E-state index in [0.717, 1.165) is 49.3 Å². The minimum atomic E-state index is -0.567. The molecule has 8 heteroatoms. The predicted molar refractivity (Wildman–Crippen MR) is 123 cm³/mol. The van der Waals surface area contributed by atoms with E-state index in [2.05, 4.69) is 36.9 Å². The maximum absolute atomic E-state index is 14.6. The standard InChI is InChI=1S/C24H24BrFN4O2/c25-18-12-20-17(11-22(18)31)9-16(13-27-20)14-29-5-7-30(8-6-29)21-4-3-19(28-24(21)26)23(32)10-15-1-2-15/h3-4,9,12-13,15H,1-2,5-8,10-11,14H2. The van der Waals surface area contributed by atoms with E-state index in [9.17, 15) is 14.0 Å². The molecule has 2 aromatic heterocycles. The van der Waals surface area contributed by atoms with E-state index in [1.165, 1.54) is 0 Å². The van der Waals surface area contributed by atoms with Crippen molar-refractivity contribution in [3.05, 3.63) is 57.3 Å². The Kier molecular flexibility index (Phi) is 5.90. The molecular weight excluding hydrogens is 475 g/mol. The fourth-order valence-electron chi connectivity index (χ4n) is 4.30. The van der Waals surface area contributed by atoms with Crippen LogP contribution in [0.5, 0.6) is 0 Å². The number of hydrogen-bond acceptors (Lipinski definition) is 6. The lowest BCUT2D eigenvalue weighted by Crippen LogP contribution is -2.46. The van der Waals surface area contributed by atoms with Gasteiger partial charge >= 0.3 is 0 Å². The molecule has 3 aliphatic rings. The molecule has 0 atom stereocenters. The lowest BCUT2D eigenvalue weighted by molar-refractivity contribution is -0.114. The van der Waals surface area contributed by atoms with Gasteiger partial charge in [-0.15, -0.1) is 0 Å². The molecule has 0 radical (unpaired) electrons. The van der Waals surface area contributed by atoms with Crippen LogP contribution in [0.2, 0.25) is 0 Å². The van der Waals surface area contributed by atoms with Gasteiger partial charge in [-0.25, -0.2) is 4.98 Å². The molecule has 6 nitrogen and oxygen atoms in total. The van der Waals surface area contributed by atoms with Crippen molar-refractivity contribution in [1.82, 2.24) is 14.9 Å². The van der Waals surface area contributed by atoms with Crippen molar-refractivity contribution in [2.75, 3.05) is 31.1 Å². The molecular formula is C24H24BrFN4O2. The minimum Gasteiger partial charge on any atom is -0.365 e. The van der Waals surface area contributed by atoms with Crippen molar-refractivity contribution in [3.63, 3.8) is 0 Å². The Balaban J connectivity index is 1.19. The second-order valence-corrected chi connectivity index (χ2v) is 9.67. The van der Waals surface area contributed by atoms with Gasteiger partial charge in [0.05, 0.1) is 15.9 Å². The van der Waals surface area contributed by atoms with Gasteiger partial charge in [0.1, 0.15) is 5.69 Å². The van der Waals surface area contributed by atoms with Crippen LogP contribution in [0.4, 0.5) is 10.1 Å². The number of carbonyl (C=O) groups excluding carboxylic acids is 2. The molecule has 1 saturated carbocycles. The van der Waals surface area contributed by atoms with E-state index in [1.54, 1.807) is 18.2 Å². The zero-order valence-corrected chi connectivity index (χ0v) is 19.3. The Labute approximate surface area is 194 Å². The summed E-state index contributed by atoms with van der Waals surface area (Å²) in [5.41, 5.74) is 3.56. The van der Waals surface area contributed by atoms with E-state index in [1.807, 2.05) is 11.1 Å². The summed E-state index contributed by atoms with van der Waals surface area (Å²) in [4.78, 5) is 36.9. The van der Waals surface area contributed by atoms with Crippen molar-refractivity contribution in [3.8, 4) is 0 Å². The summed E-state index contributed by atoms with van der Waals surface area (Å²) in [6.45, 7) is 3.66. The number of anilines is 1. The fourth-order valence-corrected chi connectivity index (χ4v) is 4.66. The molecule has 5 rings (SSSR count). The highest BCUT2D eigenvalue weighted by molar-refractivity contribution is 9.12. The average Bonchev–Trinajstić information content (AvgIpc) is 3.59. The Morgan fingerprint density at radius 2 is 1.97 bits per heavy atom. The Morgan fingerprint density at radius 1 is 1.19 bits per heavy atom. The normalized spacial score (nSPS) is 19.0. The van der Waals surface area contributed by atoms with E-state index in [-0.39, 0.29) is 17.3 Å². The highest BCUT2D eigenvalue weighted by Crippen LogP contribution is 2.33. The minimum absolute atomic E-state index is 0.0639. The topological polar surface area (TPSA) is 66.4 Å². The number of allylic oxidation sites excluding steroid dienone is 1. The molecule has 1 saturated heterocycles. The molecule has 0 amide bonds. The van der Waals surface area contributed by atoms with Crippen LogP contribution in [-0.4, -0.2) is 52.6 Å². The van der Waals surface area contributed by atoms with Gasteiger partial charge in [0.25, 0.3) is 0 Å². The molecule has 166 valence electrons. The molecule has 2 fully saturated rings. The molecule has 0 spiro atoms. The van der Waals surface area contributed by atoms with Gasteiger partial charge in [-0.2, -0.15) is 4.39 Å². The molecule has 0 aromatic carbocycles. The van der Waals surface area contributed by atoms with Gasteiger partial charge < -0.3 is 4.90 Å². The SMILES string of the molecule is O=C1Cc2cc(CN3CCN(c4ccc(C(=O)CC5CC5)nc4F)CC3)cnc2C=C1Br. The van der Waals surface area contributed by atoms with Crippen LogP contribution >= 0.6 is 15.9 Å². The third-order valence-electron chi connectivity index (χ3n) is 6.34. The van der Waals surface area contributed by atoms with E-state index < -0.39 is 5.95 Å². The smallest absolute Gasteiger partial charge is 0.237 e. The Morgan fingerprint density at radius 3 is 2.69 bits per heavy atom. The zero-order chi connectivity index (χ0) is 22.2. The van der Waals surface area contributed by atoms with Gasteiger partial charge in [-0.05, 0) is 64.0 Å². The molecule has 2 aliphatic carbocycles. The zero-order valence-electron chi connectivity index (χ0n) is 17.7. The third-order valence-corrected chi connectivity index (χ3v) is 7.01. The summed E-state index contributed by atoms with van der Waals surface area (Å²) in [6, 6.07) is 5.40. The second-order valence-electron chi connectivity index (χ2n) is 8.82. The number of Topliss-reactive ketones (excluding diaryl/α,β-unsaturated/α-hetero) is 2. The first kappa shape index (κ1) is 21.4. The Bertz CT molecular complexity index is 1110. The number of aromatic nitrogens is 2. The van der Waals surface area contributed by atoms with Crippen molar-refractivity contribution < 1.29 is 14.0 Å². The number of carbonyl (C=O) groups is 2. The van der Waals surface area contributed by atoms with E-state index in [0.29, 0.717) is 42.0 Å². The van der Waals surface area contributed by atoms with Crippen LogP contribution in [0.25, 0.3) is 6.08 Å². The van der Waals surface area contributed by atoms with Gasteiger partial charge in [0, 0.05) is 51.8 Å². The largest absolute Gasteiger partial charge is 0.365 e. The number of rotatable bonds is 6. The fraction of sp³-hybridized carbons (Fsp3) is 0.417. The molecule has 32 heavy (non-hydrogen) atoms. The molecule has 2 aromatic rings. The van der Waals surface area contributed by atoms with Crippen LogP contribution in [0.3, 0.4) is 0 Å². The number of pyridine rings is 2. The Hall–Kier alpha value is -2.45. The lowest BCUT2D eigenvalue weighted by Gasteiger charge is -2.36. The van der Waals surface area contributed by atoms with E-state index >= 15 is 0 Å². The lowest BCUT2D eigenvalue weighted by atomic mass is 9.99. The highest BCUT2D eigenvalue weighted by atomic mass is 79.9. The van der Waals surface area contributed by atoms with Crippen molar-refractivity contribution in [1.29, 1.82) is 0 Å². The maximum atomic E-state index is 14.6. The summed E-state index contributed by atoms with van der Waals surface area (Å²) in [7, 11) is 0. The quantitative estimate of drug-likeness (QED) is 0.446. The maximum Gasteiger partial charge on any atom is 0.237 e. The number of fused-ring (bicyclic) bond motifs is 1. The molecule has 0 bridgehead atoms. The summed E-state index contributed by atoms with van der Waals surface area (Å²) in [5.74, 6) is -0.0981. The molecule has 1 aliphatic heterocycles. The van der Waals surface area contributed by atoms with Crippen LogP contribution < -0.4 is 4.90 Å². The summed E-state index contributed by atoms with van der Waals surface area (Å²) >= 11 is 3.29. The molecule has 3 heterocycles. The average molecular weight is 499 g/mol. The summed E-state index contributed by atoms with van der Waals surface area (Å²) < 4.78 is 15.2. The highest BCUT2D eigenvalue weighted by Gasteiger charge is 2.27. The van der Waals surface area contributed by atoms with Crippen LogP contribution in [0.15, 0.2) is 28.9 Å². The number of nitrogens with zero attached hydrogens (tertiary/aromatic N) is 4. The first-order valence-corrected chi connectivity index (χ1v) is 11.8. The first-order chi connectivity index (χ1) is 15.5. The van der Waals surface area contributed by atoms with Crippen molar-refractivity contribution >= 4 is 39.3 Å². The first-order valence-electron chi connectivity index (χ1n) is 11.0. The summed E-state index contributed by atoms with van der Waals surface area (Å²) in [6.07, 6.45) is 6.65. The van der Waals surface area contributed by atoms with Gasteiger partial charge in [-0.3, -0.25) is 19.5 Å². The molecule has 0 unspecified atom stereocenters.